The lowest BCUT2D eigenvalue weighted by Crippen LogP contribution is -2.11. The molecule has 3 rings (SSSR count). The van der Waals surface area contributed by atoms with E-state index >= 15 is 0 Å². The molecule has 1 aromatic heterocycles. The molecular weight excluding hydrogens is 188 g/mol. The lowest BCUT2D eigenvalue weighted by Gasteiger charge is -2.20. The molecular formula is C13H16O2. The van der Waals surface area contributed by atoms with E-state index < -0.39 is 0 Å². The third-order valence-corrected chi connectivity index (χ3v) is 4.04. The number of hydrogen-bond donors (Lipinski definition) is 0. The van der Waals surface area contributed by atoms with Gasteiger partial charge in [0.15, 0.2) is 0 Å². The van der Waals surface area contributed by atoms with Crippen LogP contribution in [0.15, 0.2) is 21.3 Å². The average molecular weight is 204 g/mol. The largest absolute Gasteiger partial charge is 0.428 e. The van der Waals surface area contributed by atoms with Gasteiger partial charge in [0.25, 0.3) is 0 Å². The van der Waals surface area contributed by atoms with E-state index in [-0.39, 0.29) is 5.63 Å². The van der Waals surface area contributed by atoms with E-state index in [4.69, 9.17) is 4.42 Å². The second kappa shape index (κ2) is 3.22. The highest BCUT2D eigenvalue weighted by Crippen LogP contribution is 2.52. The molecule has 2 saturated carbocycles. The maximum atomic E-state index is 11.3. The highest BCUT2D eigenvalue weighted by atomic mass is 16.4. The van der Waals surface area contributed by atoms with E-state index in [9.17, 15) is 4.79 Å². The molecule has 0 aliphatic heterocycles. The Kier molecular flexibility index (Phi) is 1.98. The van der Waals surface area contributed by atoms with Crippen molar-refractivity contribution in [1.29, 1.82) is 0 Å². The van der Waals surface area contributed by atoms with E-state index in [1.807, 2.05) is 13.0 Å². The van der Waals surface area contributed by atoms with Crippen LogP contribution in [0, 0.1) is 18.8 Å². The minimum atomic E-state index is -0.187. The molecule has 2 aliphatic carbocycles. The Morgan fingerprint density at radius 2 is 2.13 bits per heavy atom. The summed E-state index contributed by atoms with van der Waals surface area (Å²) in [5.41, 5.74) is 0.844. The van der Waals surface area contributed by atoms with Crippen LogP contribution in [-0.4, -0.2) is 0 Å². The summed E-state index contributed by atoms with van der Waals surface area (Å²) < 4.78 is 5.34. The van der Waals surface area contributed by atoms with Crippen molar-refractivity contribution in [2.45, 2.75) is 38.5 Å². The molecule has 3 unspecified atom stereocenters. The summed E-state index contributed by atoms with van der Waals surface area (Å²) in [6.45, 7) is 1.97. The summed E-state index contributed by atoms with van der Waals surface area (Å²) in [5.74, 6) is 3.13. The van der Waals surface area contributed by atoms with Crippen LogP contribution in [-0.2, 0) is 0 Å². The molecule has 1 aromatic rings. The molecule has 2 heteroatoms. The van der Waals surface area contributed by atoms with E-state index in [0.717, 1.165) is 23.2 Å². The Hall–Kier alpha value is -1.05. The number of aryl methyl sites for hydroxylation is 1. The number of rotatable bonds is 1. The lowest BCUT2D eigenvalue weighted by molar-refractivity contribution is 0.339. The summed E-state index contributed by atoms with van der Waals surface area (Å²) in [6.07, 6.45) is 5.30. The van der Waals surface area contributed by atoms with Gasteiger partial charge >= 0.3 is 5.63 Å². The smallest absolute Gasteiger partial charge is 0.336 e. The van der Waals surface area contributed by atoms with E-state index in [1.165, 1.54) is 25.7 Å². The second-order valence-corrected chi connectivity index (χ2v) is 5.14. The molecule has 2 fully saturated rings. The van der Waals surface area contributed by atoms with Crippen molar-refractivity contribution in [3.05, 3.63) is 33.9 Å². The summed E-state index contributed by atoms with van der Waals surface area (Å²) in [5, 5.41) is 0. The Morgan fingerprint density at radius 3 is 2.73 bits per heavy atom. The Morgan fingerprint density at radius 1 is 1.27 bits per heavy atom. The summed E-state index contributed by atoms with van der Waals surface area (Å²) in [4.78, 5) is 11.3. The van der Waals surface area contributed by atoms with Crippen LogP contribution in [0.5, 0.6) is 0 Å². The molecule has 0 amide bonds. The van der Waals surface area contributed by atoms with Crippen molar-refractivity contribution in [1.82, 2.24) is 0 Å². The maximum Gasteiger partial charge on any atom is 0.336 e. The van der Waals surface area contributed by atoms with Crippen LogP contribution in [0.3, 0.4) is 0 Å². The van der Waals surface area contributed by atoms with Gasteiger partial charge in [-0.15, -0.1) is 0 Å². The van der Waals surface area contributed by atoms with E-state index in [1.54, 1.807) is 6.07 Å². The fraction of sp³-hybridized carbons (Fsp3) is 0.615. The van der Waals surface area contributed by atoms with Gasteiger partial charge in [0, 0.05) is 12.0 Å². The number of fused-ring (bicyclic) bond motifs is 2. The van der Waals surface area contributed by atoms with Crippen LogP contribution in [0.25, 0.3) is 0 Å². The zero-order valence-electron chi connectivity index (χ0n) is 9.03. The molecule has 0 saturated heterocycles. The van der Waals surface area contributed by atoms with Crippen molar-refractivity contribution < 1.29 is 4.42 Å². The molecule has 2 aliphatic rings. The summed E-state index contributed by atoms with van der Waals surface area (Å²) in [6, 6.07) is 3.61. The lowest BCUT2D eigenvalue weighted by atomic mass is 9.86. The standard InChI is InChI=1S/C13H16O2/c1-8-4-12(15-13(14)5-8)11-7-9-2-3-10(11)6-9/h4-5,9-11H,2-3,6-7H2,1H3. The highest BCUT2D eigenvalue weighted by molar-refractivity contribution is 5.18. The van der Waals surface area contributed by atoms with Gasteiger partial charge in [-0.3, -0.25) is 0 Å². The SMILES string of the molecule is Cc1cc(C2CC3CCC2C3)oc(=O)c1. The third kappa shape index (κ3) is 1.52. The summed E-state index contributed by atoms with van der Waals surface area (Å²) >= 11 is 0. The van der Waals surface area contributed by atoms with Gasteiger partial charge in [-0.25, -0.2) is 4.79 Å². The van der Waals surface area contributed by atoms with Crippen LogP contribution >= 0.6 is 0 Å². The van der Waals surface area contributed by atoms with E-state index in [2.05, 4.69) is 0 Å². The zero-order chi connectivity index (χ0) is 10.4. The first-order valence-corrected chi connectivity index (χ1v) is 5.84. The van der Waals surface area contributed by atoms with Crippen molar-refractivity contribution in [3.8, 4) is 0 Å². The van der Waals surface area contributed by atoms with Gasteiger partial charge in [-0.05, 0) is 49.7 Å². The molecule has 2 bridgehead atoms. The first-order valence-electron chi connectivity index (χ1n) is 5.84. The topological polar surface area (TPSA) is 30.2 Å². The first kappa shape index (κ1) is 9.20. The molecule has 80 valence electrons. The Labute approximate surface area is 89.3 Å². The first-order chi connectivity index (χ1) is 7.22. The fourth-order valence-corrected chi connectivity index (χ4v) is 3.40. The molecule has 0 spiro atoms. The quantitative estimate of drug-likeness (QED) is 0.704. The minimum Gasteiger partial charge on any atom is -0.428 e. The van der Waals surface area contributed by atoms with E-state index in [0.29, 0.717) is 5.92 Å². The van der Waals surface area contributed by atoms with Gasteiger partial charge in [-0.2, -0.15) is 0 Å². The normalized spacial score (nSPS) is 33.5. The zero-order valence-corrected chi connectivity index (χ0v) is 9.03. The molecule has 1 heterocycles. The predicted molar refractivity (Wildman–Crippen MR) is 57.9 cm³/mol. The predicted octanol–water partition coefficient (Wildman–Crippen LogP) is 2.85. The molecule has 15 heavy (non-hydrogen) atoms. The maximum absolute atomic E-state index is 11.3. The highest BCUT2D eigenvalue weighted by Gasteiger charge is 2.41. The third-order valence-electron chi connectivity index (χ3n) is 4.04. The van der Waals surface area contributed by atoms with Crippen LogP contribution < -0.4 is 5.63 Å². The van der Waals surface area contributed by atoms with Crippen LogP contribution in [0.1, 0.15) is 42.9 Å². The number of hydrogen-bond acceptors (Lipinski definition) is 2. The van der Waals surface area contributed by atoms with Crippen molar-refractivity contribution in [2.75, 3.05) is 0 Å². The fourth-order valence-electron chi connectivity index (χ4n) is 3.40. The van der Waals surface area contributed by atoms with Crippen molar-refractivity contribution in [3.63, 3.8) is 0 Å². The molecule has 3 atom stereocenters. The van der Waals surface area contributed by atoms with Gasteiger partial charge in [0.05, 0.1) is 0 Å². The molecule has 0 aromatic carbocycles. The van der Waals surface area contributed by atoms with Crippen molar-refractivity contribution >= 4 is 0 Å². The van der Waals surface area contributed by atoms with Crippen molar-refractivity contribution in [2.24, 2.45) is 11.8 Å². The molecule has 2 nitrogen and oxygen atoms in total. The minimum absolute atomic E-state index is 0.187. The monoisotopic (exact) mass is 204 g/mol. The second-order valence-electron chi connectivity index (χ2n) is 5.14. The van der Waals surface area contributed by atoms with Gasteiger partial charge in [0.1, 0.15) is 5.76 Å². The molecule has 0 radical (unpaired) electrons. The van der Waals surface area contributed by atoms with Crippen LogP contribution in [0.4, 0.5) is 0 Å². The Bertz CT molecular complexity index is 432. The van der Waals surface area contributed by atoms with Crippen LogP contribution in [0.2, 0.25) is 0 Å². The molecule has 0 N–H and O–H groups in total. The van der Waals surface area contributed by atoms with Gasteiger partial charge in [-0.1, -0.05) is 6.42 Å². The van der Waals surface area contributed by atoms with Gasteiger partial charge < -0.3 is 4.42 Å². The summed E-state index contributed by atoms with van der Waals surface area (Å²) in [7, 11) is 0. The average Bonchev–Trinajstić information content (AvgIpc) is 2.76. The Balaban J connectivity index is 1.96. The van der Waals surface area contributed by atoms with Gasteiger partial charge in [0.2, 0.25) is 0 Å².